The molecule has 0 atom stereocenters. The van der Waals surface area contributed by atoms with Gasteiger partial charge in [0.15, 0.2) is 5.78 Å². The van der Waals surface area contributed by atoms with Crippen LogP contribution in [0.3, 0.4) is 0 Å². The van der Waals surface area contributed by atoms with Gasteiger partial charge >= 0.3 is 0 Å². The Hall–Kier alpha value is -3.46. The van der Waals surface area contributed by atoms with Gasteiger partial charge in [0.25, 0.3) is 0 Å². The summed E-state index contributed by atoms with van der Waals surface area (Å²) < 4.78 is 2.47. The molecule has 0 amide bonds. The summed E-state index contributed by atoms with van der Waals surface area (Å²) in [6.45, 7) is 3.17. The van der Waals surface area contributed by atoms with Crippen molar-refractivity contribution >= 4 is 22.8 Å². The van der Waals surface area contributed by atoms with Crippen molar-refractivity contribution in [2.45, 2.75) is 52.0 Å². The summed E-state index contributed by atoms with van der Waals surface area (Å²) in [6, 6.07) is 23.6. The van der Waals surface area contributed by atoms with Crippen LogP contribution in [0, 0.1) is 6.92 Å². The summed E-state index contributed by atoms with van der Waals surface area (Å²) in [6.07, 6.45) is 13.2. The minimum atomic E-state index is 0.195. The molecule has 0 aliphatic rings. The number of aromatic nitrogens is 2. The maximum absolute atomic E-state index is 12.1. The molecular formula is C30H32N2O. The first-order chi connectivity index (χ1) is 16.2. The van der Waals surface area contributed by atoms with Gasteiger partial charge in [0, 0.05) is 42.0 Å². The van der Waals surface area contributed by atoms with Crippen LogP contribution in [-0.2, 0) is 11.3 Å². The van der Waals surface area contributed by atoms with Gasteiger partial charge in [-0.05, 0) is 67.3 Å². The quantitative estimate of drug-likeness (QED) is 0.179. The number of aryl methyl sites for hydroxylation is 2. The number of carbonyl (C=O) groups is 1. The molecule has 0 radical (unpaired) electrons. The summed E-state index contributed by atoms with van der Waals surface area (Å²) >= 11 is 0. The van der Waals surface area contributed by atoms with E-state index in [9.17, 15) is 4.79 Å². The van der Waals surface area contributed by atoms with Crippen molar-refractivity contribution in [3.8, 4) is 11.3 Å². The molecule has 0 N–H and O–H groups in total. The fraction of sp³-hybridized carbons (Fsp3) is 0.267. The van der Waals surface area contributed by atoms with Crippen molar-refractivity contribution in [2.75, 3.05) is 0 Å². The maximum atomic E-state index is 12.1. The highest BCUT2D eigenvalue weighted by molar-refractivity contribution is 5.93. The van der Waals surface area contributed by atoms with Gasteiger partial charge in [0.1, 0.15) is 0 Å². The first-order valence-electron chi connectivity index (χ1n) is 12.0. The minimum absolute atomic E-state index is 0.195. The van der Waals surface area contributed by atoms with E-state index in [1.54, 1.807) is 18.5 Å². The summed E-state index contributed by atoms with van der Waals surface area (Å²) in [5.74, 6) is 0.195. The van der Waals surface area contributed by atoms with E-state index in [1.165, 1.54) is 40.6 Å². The van der Waals surface area contributed by atoms with E-state index in [2.05, 4.69) is 71.1 Å². The molecule has 0 aliphatic heterocycles. The molecular weight excluding hydrogens is 404 g/mol. The Morgan fingerprint density at radius 1 is 0.909 bits per heavy atom. The predicted molar refractivity (Wildman–Crippen MR) is 138 cm³/mol. The smallest absolute Gasteiger partial charge is 0.155 e. The van der Waals surface area contributed by atoms with Gasteiger partial charge in [-0.25, -0.2) is 0 Å². The molecule has 0 unspecified atom stereocenters. The van der Waals surface area contributed by atoms with Crippen LogP contribution in [0.4, 0.5) is 0 Å². The maximum Gasteiger partial charge on any atom is 0.155 e. The number of benzene rings is 2. The normalized spacial score (nSPS) is 11.4. The molecule has 0 spiro atoms. The number of fused-ring (bicyclic) bond motifs is 1. The van der Waals surface area contributed by atoms with E-state index < -0.39 is 0 Å². The Balaban J connectivity index is 1.26. The number of rotatable bonds is 11. The first kappa shape index (κ1) is 22.7. The lowest BCUT2D eigenvalue weighted by Gasteiger charge is -2.11. The van der Waals surface area contributed by atoms with Crippen molar-refractivity contribution in [2.24, 2.45) is 0 Å². The molecule has 0 bridgehead atoms. The largest absolute Gasteiger partial charge is 0.340 e. The molecule has 2 aromatic heterocycles. The molecule has 33 heavy (non-hydrogen) atoms. The van der Waals surface area contributed by atoms with E-state index in [0.29, 0.717) is 6.42 Å². The summed E-state index contributed by atoms with van der Waals surface area (Å²) in [7, 11) is 0. The molecule has 0 fully saturated rings. The molecule has 4 aromatic rings. The summed E-state index contributed by atoms with van der Waals surface area (Å²) in [4.78, 5) is 16.1. The number of nitrogens with zero attached hydrogens (tertiary/aromatic N) is 2. The Bertz CT molecular complexity index is 1210. The van der Waals surface area contributed by atoms with Gasteiger partial charge in [-0.2, -0.15) is 0 Å². The number of carbonyl (C=O) groups excluding carboxylic acids is 1. The van der Waals surface area contributed by atoms with Crippen LogP contribution in [-0.4, -0.2) is 15.3 Å². The average molecular weight is 437 g/mol. The Labute approximate surface area is 196 Å². The van der Waals surface area contributed by atoms with E-state index in [4.69, 9.17) is 0 Å². The predicted octanol–water partition coefficient (Wildman–Crippen LogP) is 7.63. The third-order valence-electron chi connectivity index (χ3n) is 6.08. The van der Waals surface area contributed by atoms with Gasteiger partial charge in [0.2, 0.25) is 0 Å². The molecule has 0 saturated heterocycles. The SMILES string of the molecule is Cc1ccc2c(c1)cc(-c1ccccc1)n2CCCCCCCC(=O)/C=C/c1cccnc1. The van der Waals surface area contributed by atoms with E-state index in [0.717, 1.165) is 31.4 Å². The van der Waals surface area contributed by atoms with Crippen molar-refractivity contribution in [3.05, 3.63) is 96.3 Å². The lowest BCUT2D eigenvalue weighted by atomic mass is 10.1. The fourth-order valence-corrected chi connectivity index (χ4v) is 4.33. The minimum Gasteiger partial charge on any atom is -0.340 e. The van der Waals surface area contributed by atoms with Crippen LogP contribution in [0.5, 0.6) is 0 Å². The van der Waals surface area contributed by atoms with E-state index in [-0.39, 0.29) is 5.78 Å². The van der Waals surface area contributed by atoms with Crippen LogP contribution in [0.25, 0.3) is 28.2 Å². The van der Waals surface area contributed by atoms with Crippen LogP contribution in [0.1, 0.15) is 49.7 Å². The van der Waals surface area contributed by atoms with Crippen LogP contribution in [0.2, 0.25) is 0 Å². The highest BCUT2D eigenvalue weighted by Gasteiger charge is 2.10. The second-order valence-electron chi connectivity index (χ2n) is 8.71. The second kappa shape index (κ2) is 11.4. The average Bonchev–Trinajstić information content (AvgIpc) is 3.20. The van der Waals surface area contributed by atoms with Gasteiger partial charge in [-0.3, -0.25) is 9.78 Å². The number of ketones is 1. The monoisotopic (exact) mass is 436 g/mol. The third-order valence-corrected chi connectivity index (χ3v) is 6.08. The van der Waals surface area contributed by atoms with Crippen molar-refractivity contribution in [3.63, 3.8) is 0 Å². The van der Waals surface area contributed by atoms with Crippen LogP contribution in [0.15, 0.2) is 85.2 Å². The Morgan fingerprint density at radius 2 is 1.73 bits per heavy atom. The number of unbranched alkanes of at least 4 members (excludes halogenated alkanes) is 4. The lowest BCUT2D eigenvalue weighted by Crippen LogP contribution is -2.00. The molecule has 2 heterocycles. The first-order valence-corrected chi connectivity index (χ1v) is 12.0. The topological polar surface area (TPSA) is 34.9 Å². The summed E-state index contributed by atoms with van der Waals surface area (Å²) in [5, 5.41) is 1.31. The van der Waals surface area contributed by atoms with Crippen molar-refractivity contribution < 1.29 is 4.79 Å². The molecule has 0 aliphatic carbocycles. The second-order valence-corrected chi connectivity index (χ2v) is 8.71. The Kier molecular flexibility index (Phi) is 7.86. The molecule has 0 saturated carbocycles. The van der Waals surface area contributed by atoms with Gasteiger partial charge in [0.05, 0.1) is 0 Å². The molecule has 3 nitrogen and oxygen atoms in total. The fourth-order valence-electron chi connectivity index (χ4n) is 4.33. The molecule has 2 aromatic carbocycles. The zero-order chi connectivity index (χ0) is 22.9. The standard InChI is InChI=1S/C30H32N2O/c1-24-15-18-29-27(21-24)22-30(26-12-6-5-7-13-26)32(29)20-9-4-2-3-8-14-28(33)17-16-25-11-10-19-31-23-25/h5-7,10-13,15-19,21-23H,2-4,8-9,14,20H2,1H3/b17-16+. The van der Waals surface area contributed by atoms with Crippen LogP contribution < -0.4 is 0 Å². The van der Waals surface area contributed by atoms with E-state index in [1.807, 2.05) is 18.2 Å². The van der Waals surface area contributed by atoms with Gasteiger partial charge in [-0.15, -0.1) is 0 Å². The van der Waals surface area contributed by atoms with Gasteiger partial charge < -0.3 is 4.57 Å². The zero-order valence-electron chi connectivity index (χ0n) is 19.4. The number of hydrogen-bond donors (Lipinski definition) is 0. The third kappa shape index (κ3) is 6.29. The number of allylic oxidation sites excluding steroid dienone is 1. The zero-order valence-corrected chi connectivity index (χ0v) is 19.4. The summed E-state index contributed by atoms with van der Waals surface area (Å²) in [5.41, 5.74) is 6.13. The molecule has 4 rings (SSSR count). The lowest BCUT2D eigenvalue weighted by molar-refractivity contribution is -0.114. The van der Waals surface area contributed by atoms with E-state index >= 15 is 0 Å². The van der Waals surface area contributed by atoms with Crippen molar-refractivity contribution in [1.82, 2.24) is 9.55 Å². The Morgan fingerprint density at radius 3 is 2.55 bits per heavy atom. The molecule has 3 heteroatoms. The highest BCUT2D eigenvalue weighted by atomic mass is 16.1. The van der Waals surface area contributed by atoms with Crippen LogP contribution >= 0.6 is 0 Å². The molecule has 168 valence electrons. The van der Waals surface area contributed by atoms with Crippen molar-refractivity contribution in [1.29, 1.82) is 0 Å². The number of pyridine rings is 1. The highest BCUT2D eigenvalue weighted by Crippen LogP contribution is 2.29. The number of hydrogen-bond acceptors (Lipinski definition) is 2. The van der Waals surface area contributed by atoms with Gasteiger partial charge in [-0.1, -0.05) is 67.3 Å².